The van der Waals surface area contributed by atoms with Crippen LogP contribution >= 0.6 is 0 Å². The summed E-state index contributed by atoms with van der Waals surface area (Å²) in [7, 11) is 1.20. The largest absolute Gasteiger partial charge is 0.573 e. The average Bonchev–Trinajstić information content (AvgIpc) is 2.58. The normalized spacial score (nSPS) is 10.9. The summed E-state index contributed by atoms with van der Waals surface area (Å²) < 4.78 is 49.9. The maximum Gasteiger partial charge on any atom is 0.573 e. The van der Waals surface area contributed by atoms with Gasteiger partial charge in [0, 0.05) is 5.56 Å². The molecule has 0 radical (unpaired) electrons. The minimum absolute atomic E-state index is 0.142. The molecule has 0 saturated carbocycles. The van der Waals surface area contributed by atoms with E-state index in [4.69, 9.17) is 4.74 Å². The van der Waals surface area contributed by atoms with E-state index >= 15 is 0 Å². The molecule has 0 aromatic heterocycles. The van der Waals surface area contributed by atoms with Crippen molar-refractivity contribution >= 4 is 11.8 Å². The number of rotatable bonds is 6. The molecule has 0 aliphatic heterocycles. The highest BCUT2D eigenvalue weighted by molar-refractivity contribution is 6.10. The SMILES string of the molecule is COC(=O)COc1ccccc1C(=O)c1ccc(OC(F)(F)F)cc1. The van der Waals surface area contributed by atoms with Crippen LogP contribution in [0.5, 0.6) is 11.5 Å². The van der Waals surface area contributed by atoms with Gasteiger partial charge in [0.15, 0.2) is 12.4 Å². The van der Waals surface area contributed by atoms with Gasteiger partial charge in [-0.2, -0.15) is 0 Å². The minimum atomic E-state index is -4.81. The van der Waals surface area contributed by atoms with Gasteiger partial charge in [0.1, 0.15) is 11.5 Å². The lowest BCUT2D eigenvalue weighted by atomic mass is 10.0. The van der Waals surface area contributed by atoms with Crippen molar-refractivity contribution in [2.24, 2.45) is 0 Å². The summed E-state index contributed by atoms with van der Waals surface area (Å²) in [5.41, 5.74) is 0.305. The molecule has 0 fully saturated rings. The van der Waals surface area contributed by atoms with Gasteiger partial charge >= 0.3 is 12.3 Å². The molecule has 2 aromatic carbocycles. The quantitative estimate of drug-likeness (QED) is 0.588. The number of benzene rings is 2. The predicted octanol–water partition coefficient (Wildman–Crippen LogP) is 3.37. The molecule has 0 N–H and O–H groups in total. The third-order valence-electron chi connectivity index (χ3n) is 3.05. The third-order valence-corrected chi connectivity index (χ3v) is 3.05. The molecule has 0 unspecified atom stereocenters. The smallest absolute Gasteiger partial charge is 0.481 e. The van der Waals surface area contributed by atoms with Crippen molar-refractivity contribution in [1.29, 1.82) is 0 Å². The molecule has 0 saturated heterocycles. The van der Waals surface area contributed by atoms with Crippen molar-refractivity contribution in [3.63, 3.8) is 0 Å². The van der Waals surface area contributed by atoms with Crippen LogP contribution in [0.25, 0.3) is 0 Å². The highest BCUT2D eigenvalue weighted by atomic mass is 19.4. The number of methoxy groups -OCH3 is 1. The molecule has 0 spiro atoms. The molecular formula is C17H13F3O5. The lowest BCUT2D eigenvalue weighted by Crippen LogP contribution is -2.17. The Balaban J connectivity index is 2.19. The van der Waals surface area contributed by atoms with Gasteiger partial charge in [0.2, 0.25) is 0 Å². The summed E-state index contributed by atoms with van der Waals surface area (Å²) in [4.78, 5) is 23.7. The maximum absolute atomic E-state index is 12.5. The molecule has 0 bridgehead atoms. The second-order valence-electron chi connectivity index (χ2n) is 4.76. The van der Waals surface area contributed by atoms with Crippen LogP contribution in [0, 0.1) is 0 Å². The first-order chi connectivity index (χ1) is 11.8. The Kier molecular flexibility index (Phi) is 5.63. The van der Waals surface area contributed by atoms with E-state index in [0.717, 1.165) is 12.1 Å². The summed E-state index contributed by atoms with van der Waals surface area (Å²) in [5.74, 6) is -1.36. The Morgan fingerprint density at radius 3 is 2.24 bits per heavy atom. The van der Waals surface area contributed by atoms with E-state index < -0.39 is 23.9 Å². The van der Waals surface area contributed by atoms with E-state index in [1.807, 2.05) is 0 Å². The Bertz CT molecular complexity index is 754. The highest BCUT2D eigenvalue weighted by Gasteiger charge is 2.31. The summed E-state index contributed by atoms with van der Waals surface area (Å²) in [6, 6.07) is 10.7. The van der Waals surface area contributed by atoms with Crippen molar-refractivity contribution in [3.05, 3.63) is 59.7 Å². The van der Waals surface area contributed by atoms with Crippen molar-refractivity contribution < 1.29 is 37.0 Å². The molecule has 0 atom stereocenters. The molecule has 0 amide bonds. The van der Waals surface area contributed by atoms with Crippen molar-refractivity contribution in [2.45, 2.75) is 6.36 Å². The summed E-state index contributed by atoms with van der Waals surface area (Å²) in [5, 5.41) is 0. The number of alkyl halides is 3. The van der Waals surface area contributed by atoms with Crippen LogP contribution < -0.4 is 9.47 Å². The maximum atomic E-state index is 12.5. The van der Waals surface area contributed by atoms with Gasteiger partial charge in [-0.05, 0) is 36.4 Å². The van der Waals surface area contributed by atoms with E-state index in [1.54, 1.807) is 12.1 Å². The molecule has 5 nitrogen and oxygen atoms in total. The van der Waals surface area contributed by atoms with E-state index in [-0.39, 0.29) is 23.5 Å². The standard InChI is InChI=1S/C17H13F3O5/c1-23-15(21)10-24-14-5-3-2-4-13(14)16(22)11-6-8-12(9-7-11)25-17(18,19)20/h2-9H,10H2,1H3. The first-order valence-corrected chi connectivity index (χ1v) is 6.99. The number of hydrogen-bond donors (Lipinski definition) is 0. The monoisotopic (exact) mass is 354 g/mol. The number of para-hydroxylation sites is 1. The Hall–Kier alpha value is -3.03. The first kappa shape index (κ1) is 18.3. The van der Waals surface area contributed by atoms with Gasteiger partial charge < -0.3 is 14.2 Å². The van der Waals surface area contributed by atoms with E-state index in [0.29, 0.717) is 0 Å². The Morgan fingerprint density at radius 2 is 1.64 bits per heavy atom. The summed E-state index contributed by atoms with van der Waals surface area (Å²) in [6.45, 7) is -0.376. The van der Waals surface area contributed by atoms with Crippen LogP contribution in [0.1, 0.15) is 15.9 Å². The number of hydrogen-bond acceptors (Lipinski definition) is 5. The number of ketones is 1. The van der Waals surface area contributed by atoms with Gasteiger partial charge in [-0.1, -0.05) is 12.1 Å². The Labute approximate surface area is 140 Å². The number of ether oxygens (including phenoxy) is 3. The lowest BCUT2D eigenvalue weighted by Gasteiger charge is -2.11. The molecule has 2 rings (SSSR count). The van der Waals surface area contributed by atoms with Crippen LogP contribution in [-0.2, 0) is 9.53 Å². The molecule has 25 heavy (non-hydrogen) atoms. The molecule has 132 valence electrons. The number of esters is 1. The molecular weight excluding hydrogens is 341 g/mol. The molecule has 0 aliphatic carbocycles. The van der Waals surface area contributed by atoms with Gasteiger partial charge in [0.25, 0.3) is 0 Å². The zero-order valence-corrected chi connectivity index (χ0v) is 13.0. The van der Waals surface area contributed by atoms with Gasteiger partial charge in [-0.3, -0.25) is 4.79 Å². The number of halogens is 3. The average molecular weight is 354 g/mol. The van der Waals surface area contributed by atoms with Crippen LogP contribution in [0.4, 0.5) is 13.2 Å². The van der Waals surface area contributed by atoms with Crippen LogP contribution in [0.2, 0.25) is 0 Å². The topological polar surface area (TPSA) is 61.8 Å². The second kappa shape index (κ2) is 7.69. The second-order valence-corrected chi connectivity index (χ2v) is 4.76. The summed E-state index contributed by atoms with van der Waals surface area (Å²) >= 11 is 0. The zero-order valence-electron chi connectivity index (χ0n) is 13.0. The van der Waals surface area contributed by atoms with Crippen LogP contribution in [0.15, 0.2) is 48.5 Å². The van der Waals surface area contributed by atoms with Crippen molar-refractivity contribution in [3.8, 4) is 11.5 Å². The van der Waals surface area contributed by atoms with Gasteiger partial charge in [-0.15, -0.1) is 13.2 Å². The predicted molar refractivity (Wildman–Crippen MR) is 80.5 cm³/mol. The van der Waals surface area contributed by atoms with Crippen LogP contribution in [-0.4, -0.2) is 31.8 Å². The lowest BCUT2D eigenvalue weighted by molar-refractivity contribution is -0.274. The van der Waals surface area contributed by atoms with Crippen molar-refractivity contribution in [1.82, 2.24) is 0 Å². The summed E-state index contributed by atoms with van der Waals surface area (Å²) in [6.07, 6.45) is -4.81. The highest BCUT2D eigenvalue weighted by Crippen LogP contribution is 2.25. The van der Waals surface area contributed by atoms with Gasteiger partial charge in [0.05, 0.1) is 12.7 Å². The third kappa shape index (κ3) is 5.23. The van der Waals surface area contributed by atoms with Gasteiger partial charge in [-0.25, -0.2) is 4.79 Å². The van der Waals surface area contributed by atoms with E-state index in [2.05, 4.69) is 9.47 Å². The fourth-order valence-corrected chi connectivity index (χ4v) is 1.94. The van der Waals surface area contributed by atoms with Crippen LogP contribution in [0.3, 0.4) is 0 Å². The fourth-order valence-electron chi connectivity index (χ4n) is 1.94. The van der Waals surface area contributed by atoms with E-state index in [1.165, 1.54) is 31.4 Å². The molecule has 0 heterocycles. The molecule has 8 heteroatoms. The Morgan fingerprint density at radius 1 is 1.00 bits per heavy atom. The first-order valence-electron chi connectivity index (χ1n) is 6.99. The molecule has 2 aromatic rings. The fraction of sp³-hybridized carbons (Fsp3) is 0.176. The number of carbonyl (C=O) groups excluding carboxylic acids is 2. The zero-order chi connectivity index (χ0) is 18.4. The number of carbonyl (C=O) groups is 2. The van der Waals surface area contributed by atoms with Crippen molar-refractivity contribution in [2.75, 3.05) is 13.7 Å². The molecule has 0 aliphatic rings. The minimum Gasteiger partial charge on any atom is -0.481 e. The van der Waals surface area contributed by atoms with E-state index in [9.17, 15) is 22.8 Å².